The standard InChI is InChI=1S/C9H22N2O2P2S/c1-7(4-5-13-3)11-9(12)8(10-2)6-16-15-14/h7-8,10,15H,4-6,14H2,1-3H3,(H,11,12). The number of amides is 1. The minimum absolute atomic E-state index is 0.0712. The zero-order valence-corrected chi connectivity index (χ0v) is 13.0. The molecule has 0 radical (unpaired) electrons. The maximum absolute atomic E-state index is 11.8. The van der Waals surface area contributed by atoms with Gasteiger partial charge in [0.2, 0.25) is 5.91 Å². The number of ether oxygens (including phenoxy) is 1. The highest BCUT2D eigenvalue weighted by molar-refractivity contribution is 8.64. The Kier molecular flexibility index (Phi) is 11.1. The van der Waals surface area contributed by atoms with Crippen molar-refractivity contribution in [3.63, 3.8) is 0 Å². The molecular weight excluding hydrogens is 262 g/mol. The quantitative estimate of drug-likeness (QED) is 0.625. The van der Waals surface area contributed by atoms with E-state index in [0.717, 1.165) is 19.6 Å². The van der Waals surface area contributed by atoms with Crippen molar-refractivity contribution in [3.05, 3.63) is 0 Å². The molecule has 4 nitrogen and oxygen atoms in total. The minimum Gasteiger partial charge on any atom is -0.385 e. The first-order valence-corrected chi connectivity index (χ1v) is 9.71. The van der Waals surface area contributed by atoms with Crippen molar-refractivity contribution in [1.82, 2.24) is 10.6 Å². The van der Waals surface area contributed by atoms with E-state index in [4.69, 9.17) is 4.74 Å². The highest BCUT2D eigenvalue weighted by Crippen LogP contribution is 2.36. The Bertz CT molecular complexity index is 198. The number of carbonyl (C=O) groups is 1. The molecule has 96 valence electrons. The van der Waals surface area contributed by atoms with Gasteiger partial charge >= 0.3 is 0 Å². The molecule has 0 aromatic rings. The lowest BCUT2D eigenvalue weighted by atomic mass is 10.2. The van der Waals surface area contributed by atoms with E-state index >= 15 is 0 Å². The van der Waals surface area contributed by atoms with Gasteiger partial charge in [-0.1, -0.05) is 0 Å². The average Bonchev–Trinajstić information content (AvgIpc) is 2.27. The lowest BCUT2D eigenvalue weighted by Gasteiger charge is -2.19. The molecule has 16 heavy (non-hydrogen) atoms. The normalized spacial score (nSPS) is 15.2. The van der Waals surface area contributed by atoms with Crippen LogP contribution in [0.25, 0.3) is 0 Å². The summed E-state index contributed by atoms with van der Waals surface area (Å²) >= 11 is 1.76. The van der Waals surface area contributed by atoms with E-state index in [1.165, 1.54) is 0 Å². The molecule has 0 fully saturated rings. The maximum Gasteiger partial charge on any atom is 0.238 e. The molecule has 0 heterocycles. The van der Waals surface area contributed by atoms with Crippen LogP contribution in [0.1, 0.15) is 13.3 Å². The van der Waals surface area contributed by atoms with Gasteiger partial charge in [0.25, 0.3) is 0 Å². The summed E-state index contributed by atoms with van der Waals surface area (Å²) in [6.07, 6.45) is 0.844. The fourth-order valence-corrected chi connectivity index (χ4v) is 3.37. The SMILES string of the molecule is CNC(CSPP)C(=O)NC(C)CCOC. The number of methoxy groups -OCH3 is 1. The molecule has 1 amide bonds. The van der Waals surface area contributed by atoms with E-state index in [0.29, 0.717) is 6.61 Å². The van der Waals surface area contributed by atoms with Crippen molar-refractivity contribution < 1.29 is 9.53 Å². The molecule has 4 atom stereocenters. The number of likely N-dealkylation sites (N-methyl/N-ethyl adjacent to an activating group) is 1. The minimum atomic E-state index is -0.108. The van der Waals surface area contributed by atoms with Crippen molar-refractivity contribution in [2.75, 3.05) is 26.5 Å². The molecule has 0 rings (SSSR count). The zero-order chi connectivity index (χ0) is 12.4. The average molecular weight is 284 g/mol. The summed E-state index contributed by atoms with van der Waals surface area (Å²) < 4.78 is 4.97. The second kappa shape index (κ2) is 10.7. The van der Waals surface area contributed by atoms with Gasteiger partial charge in [0.05, 0.1) is 6.04 Å². The van der Waals surface area contributed by atoms with Gasteiger partial charge in [-0.15, -0.1) is 20.3 Å². The number of nitrogens with one attached hydrogen (secondary N) is 2. The highest BCUT2D eigenvalue weighted by atomic mass is 32.9. The Morgan fingerprint density at radius 1 is 1.62 bits per heavy atom. The summed E-state index contributed by atoms with van der Waals surface area (Å²) in [5.41, 5.74) is 0. The topological polar surface area (TPSA) is 50.4 Å². The Labute approximate surface area is 106 Å². The molecule has 0 saturated heterocycles. The molecule has 0 aliphatic carbocycles. The summed E-state index contributed by atoms with van der Waals surface area (Å²) in [7, 11) is 6.89. The van der Waals surface area contributed by atoms with E-state index in [-0.39, 0.29) is 18.0 Å². The molecule has 0 aliphatic rings. The number of rotatable bonds is 9. The molecule has 0 bridgehead atoms. The third kappa shape index (κ3) is 7.81. The van der Waals surface area contributed by atoms with Crippen molar-refractivity contribution in [2.24, 2.45) is 0 Å². The largest absolute Gasteiger partial charge is 0.385 e. The van der Waals surface area contributed by atoms with Crippen LogP contribution in [-0.2, 0) is 9.53 Å². The Morgan fingerprint density at radius 3 is 2.81 bits per heavy atom. The van der Waals surface area contributed by atoms with E-state index in [1.807, 2.05) is 14.0 Å². The fourth-order valence-electron chi connectivity index (χ4n) is 1.13. The summed E-state index contributed by atoms with van der Waals surface area (Å²) in [6.45, 7) is 2.67. The molecule has 0 aromatic carbocycles. The number of hydrogen-bond donors (Lipinski definition) is 2. The van der Waals surface area contributed by atoms with Crippen LogP contribution < -0.4 is 10.6 Å². The second-order valence-electron chi connectivity index (χ2n) is 3.46. The summed E-state index contributed by atoms with van der Waals surface area (Å²) in [5, 5.41) is 6.01. The van der Waals surface area contributed by atoms with Gasteiger partial charge in [-0.05, 0) is 27.9 Å². The van der Waals surface area contributed by atoms with Crippen molar-refractivity contribution in [3.8, 4) is 0 Å². The molecular formula is C9H22N2O2P2S. The van der Waals surface area contributed by atoms with Gasteiger partial charge < -0.3 is 15.4 Å². The first-order valence-electron chi connectivity index (χ1n) is 5.19. The van der Waals surface area contributed by atoms with E-state index in [9.17, 15) is 4.79 Å². The van der Waals surface area contributed by atoms with Crippen molar-refractivity contribution in [1.29, 1.82) is 0 Å². The van der Waals surface area contributed by atoms with Gasteiger partial charge in [-0.3, -0.25) is 4.79 Å². The molecule has 2 N–H and O–H groups in total. The Morgan fingerprint density at radius 2 is 2.31 bits per heavy atom. The maximum atomic E-state index is 11.8. The van der Waals surface area contributed by atoms with Gasteiger partial charge in [-0.2, -0.15) is 0 Å². The molecule has 0 saturated carbocycles. The molecule has 0 aromatic heterocycles. The van der Waals surface area contributed by atoms with Crippen LogP contribution in [-0.4, -0.2) is 44.5 Å². The smallest absolute Gasteiger partial charge is 0.238 e. The molecule has 7 heteroatoms. The van der Waals surface area contributed by atoms with Crippen LogP contribution in [0.5, 0.6) is 0 Å². The molecule has 0 spiro atoms. The molecule has 0 aliphatic heterocycles. The number of carbonyl (C=O) groups excluding carboxylic acids is 1. The van der Waals surface area contributed by atoms with Crippen LogP contribution in [0, 0.1) is 0 Å². The Hall–Kier alpha value is 0.600. The van der Waals surface area contributed by atoms with Gasteiger partial charge in [0, 0.05) is 25.5 Å². The highest BCUT2D eigenvalue weighted by Gasteiger charge is 2.17. The number of hydrogen-bond acceptors (Lipinski definition) is 4. The predicted octanol–water partition coefficient (Wildman–Crippen LogP) is 1.23. The fraction of sp³-hybridized carbons (Fsp3) is 0.889. The Balaban J connectivity index is 3.89. The summed E-state index contributed by atoms with van der Waals surface area (Å²) in [5.74, 6) is 0.878. The van der Waals surface area contributed by atoms with Crippen LogP contribution in [0.4, 0.5) is 0 Å². The van der Waals surface area contributed by atoms with E-state index in [1.54, 1.807) is 18.5 Å². The predicted molar refractivity (Wildman–Crippen MR) is 77.4 cm³/mol. The van der Waals surface area contributed by atoms with E-state index < -0.39 is 0 Å². The summed E-state index contributed by atoms with van der Waals surface area (Å²) in [4.78, 5) is 11.8. The lowest BCUT2D eigenvalue weighted by Crippen LogP contribution is -2.47. The molecule has 4 unspecified atom stereocenters. The van der Waals surface area contributed by atoms with Gasteiger partial charge in [0.15, 0.2) is 0 Å². The van der Waals surface area contributed by atoms with Gasteiger partial charge in [0.1, 0.15) is 0 Å². The van der Waals surface area contributed by atoms with Crippen molar-refractivity contribution in [2.45, 2.75) is 25.4 Å². The van der Waals surface area contributed by atoms with Gasteiger partial charge in [-0.25, -0.2) is 0 Å². The van der Waals surface area contributed by atoms with Crippen LogP contribution >= 0.6 is 27.8 Å². The third-order valence-corrected chi connectivity index (χ3v) is 5.31. The van der Waals surface area contributed by atoms with Crippen LogP contribution in [0.2, 0.25) is 0 Å². The van der Waals surface area contributed by atoms with E-state index in [2.05, 4.69) is 19.6 Å². The van der Waals surface area contributed by atoms with Crippen LogP contribution in [0.3, 0.4) is 0 Å². The van der Waals surface area contributed by atoms with Crippen molar-refractivity contribution >= 4 is 33.7 Å². The van der Waals surface area contributed by atoms with Crippen LogP contribution in [0.15, 0.2) is 0 Å². The summed E-state index contributed by atoms with van der Waals surface area (Å²) in [6, 6.07) is 0.0507. The zero-order valence-electron chi connectivity index (χ0n) is 10.1. The first kappa shape index (κ1) is 16.6. The third-order valence-electron chi connectivity index (χ3n) is 2.14. The second-order valence-corrected chi connectivity index (χ2v) is 8.01. The first-order chi connectivity index (χ1) is 7.65. The monoisotopic (exact) mass is 284 g/mol. The lowest BCUT2D eigenvalue weighted by molar-refractivity contribution is -0.123.